The fourth-order valence-electron chi connectivity index (χ4n) is 2.18. The summed E-state index contributed by atoms with van der Waals surface area (Å²) >= 11 is 0. The zero-order chi connectivity index (χ0) is 11.1. The van der Waals surface area contributed by atoms with E-state index in [-0.39, 0.29) is 0 Å². The van der Waals surface area contributed by atoms with Gasteiger partial charge >= 0.3 is 0 Å². The number of piperidine rings is 1. The molecule has 0 aromatic heterocycles. The molecule has 86 valence electrons. The number of likely N-dealkylation sites (tertiary alicyclic amines) is 1. The minimum atomic E-state index is 0.650. The first kappa shape index (κ1) is 12.5. The maximum Gasteiger partial charge on any atom is 0.0214 e. The first-order valence-electron chi connectivity index (χ1n) is 6.05. The van der Waals surface area contributed by atoms with Crippen LogP contribution in [0.25, 0.3) is 0 Å². The van der Waals surface area contributed by atoms with Crippen molar-refractivity contribution >= 4 is 0 Å². The van der Waals surface area contributed by atoms with Gasteiger partial charge in [-0.1, -0.05) is 0 Å². The van der Waals surface area contributed by atoms with Gasteiger partial charge in [-0.05, 0) is 52.7 Å². The van der Waals surface area contributed by atoms with Crippen LogP contribution in [0.1, 0.15) is 33.1 Å². The van der Waals surface area contributed by atoms with Gasteiger partial charge in [0.1, 0.15) is 0 Å². The van der Waals surface area contributed by atoms with E-state index in [9.17, 15) is 0 Å². The lowest BCUT2D eigenvalue weighted by Gasteiger charge is -2.33. The lowest BCUT2D eigenvalue weighted by molar-refractivity contribution is 0.190. The maximum absolute atomic E-state index is 3.58. The lowest BCUT2D eigenvalue weighted by Crippen LogP contribution is -2.40. The Labute approximate surface area is 94.4 Å². The highest BCUT2D eigenvalue weighted by Crippen LogP contribution is 2.19. The summed E-state index contributed by atoms with van der Waals surface area (Å²) in [7, 11) is 2.21. The summed E-state index contributed by atoms with van der Waals surface area (Å²) in [5, 5.41) is 3.58. The summed E-state index contributed by atoms with van der Waals surface area (Å²) in [5.74, 6) is 6.88. The highest BCUT2D eigenvalue weighted by molar-refractivity contribution is 4.95. The van der Waals surface area contributed by atoms with Gasteiger partial charge in [-0.15, -0.1) is 11.8 Å². The van der Waals surface area contributed by atoms with Crippen LogP contribution < -0.4 is 5.32 Å². The highest BCUT2D eigenvalue weighted by Gasteiger charge is 2.21. The van der Waals surface area contributed by atoms with Crippen LogP contribution >= 0.6 is 0 Å². The van der Waals surface area contributed by atoms with Gasteiger partial charge in [-0.25, -0.2) is 0 Å². The minimum absolute atomic E-state index is 0.650. The van der Waals surface area contributed by atoms with Crippen molar-refractivity contribution < 1.29 is 0 Å². The van der Waals surface area contributed by atoms with Gasteiger partial charge in [0.15, 0.2) is 0 Å². The van der Waals surface area contributed by atoms with Gasteiger partial charge in [0.2, 0.25) is 0 Å². The largest absolute Gasteiger partial charge is 0.313 e. The molecule has 1 unspecified atom stereocenters. The van der Waals surface area contributed by atoms with Crippen LogP contribution in [0.2, 0.25) is 0 Å². The third-order valence-corrected chi connectivity index (χ3v) is 3.36. The van der Waals surface area contributed by atoms with Crippen LogP contribution in [-0.2, 0) is 0 Å². The van der Waals surface area contributed by atoms with E-state index in [1.807, 2.05) is 6.92 Å². The van der Waals surface area contributed by atoms with Crippen LogP contribution in [-0.4, -0.2) is 37.6 Å². The first-order valence-corrected chi connectivity index (χ1v) is 6.05. The van der Waals surface area contributed by atoms with E-state index in [4.69, 9.17) is 0 Å². The third kappa shape index (κ3) is 4.68. The second-order valence-electron chi connectivity index (χ2n) is 4.56. The van der Waals surface area contributed by atoms with Crippen molar-refractivity contribution in [3.63, 3.8) is 0 Å². The summed E-state index contributed by atoms with van der Waals surface area (Å²) in [5.41, 5.74) is 0. The Balaban J connectivity index is 2.15. The molecule has 1 rings (SSSR count). The van der Waals surface area contributed by atoms with Gasteiger partial charge in [-0.3, -0.25) is 0 Å². The van der Waals surface area contributed by atoms with Crippen molar-refractivity contribution in [2.45, 2.75) is 39.2 Å². The molecule has 0 aliphatic carbocycles. The van der Waals surface area contributed by atoms with Crippen molar-refractivity contribution in [1.82, 2.24) is 10.2 Å². The van der Waals surface area contributed by atoms with Crippen molar-refractivity contribution in [3.05, 3.63) is 0 Å². The zero-order valence-corrected chi connectivity index (χ0v) is 10.3. The Hall–Kier alpha value is -0.520. The quantitative estimate of drug-likeness (QED) is 0.559. The van der Waals surface area contributed by atoms with Crippen LogP contribution in [0.3, 0.4) is 0 Å². The minimum Gasteiger partial charge on any atom is -0.313 e. The van der Waals surface area contributed by atoms with E-state index in [1.54, 1.807) is 0 Å². The van der Waals surface area contributed by atoms with Crippen molar-refractivity contribution in [3.8, 4) is 11.8 Å². The summed E-state index contributed by atoms with van der Waals surface area (Å²) in [4.78, 5) is 2.42. The molecule has 0 aromatic carbocycles. The van der Waals surface area contributed by atoms with Gasteiger partial charge in [0.05, 0.1) is 0 Å². The van der Waals surface area contributed by atoms with E-state index in [1.165, 1.54) is 25.9 Å². The van der Waals surface area contributed by atoms with Gasteiger partial charge in [0, 0.05) is 19.0 Å². The first-order chi connectivity index (χ1) is 7.24. The fraction of sp³-hybridized carbons (Fsp3) is 0.846. The Morgan fingerprint density at radius 1 is 1.40 bits per heavy atom. The van der Waals surface area contributed by atoms with Gasteiger partial charge < -0.3 is 10.2 Å². The molecule has 1 heterocycles. The molecule has 0 bridgehead atoms. The molecule has 0 saturated carbocycles. The average Bonchev–Trinajstić information content (AvgIpc) is 2.25. The van der Waals surface area contributed by atoms with E-state index in [0.29, 0.717) is 6.04 Å². The molecule has 2 nitrogen and oxygen atoms in total. The summed E-state index contributed by atoms with van der Waals surface area (Å²) < 4.78 is 0. The molecule has 1 fully saturated rings. The number of hydrogen-bond acceptors (Lipinski definition) is 2. The summed E-state index contributed by atoms with van der Waals surface area (Å²) in [6.45, 7) is 7.76. The Bertz CT molecular complexity index is 218. The van der Waals surface area contributed by atoms with Crippen LogP contribution in [0.5, 0.6) is 0 Å². The second-order valence-corrected chi connectivity index (χ2v) is 4.56. The van der Waals surface area contributed by atoms with E-state index in [2.05, 4.69) is 36.0 Å². The number of rotatable bonds is 4. The van der Waals surface area contributed by atoms with Crippen molar-refractivity contribution in [2.24, 2.45) is 5.92 Å². The molecule has 2 heteroatoms. The Kier molecular flexibility index (Phi) is 5.75. The lowest BCUT2D eigenvalue weighted by atomic mass is 9.90. The molecule has 1 atom stereocenters. The number of hydrogen-bond donors (Lipinski definition) is 1. The molecule has 0 aromatic rings. The molecule has 15 heavy (non-hydrogen) atoms. The molecule has 1 N–H and O–H groups in total. The maximum atomic E-state index is 3.58. The van der Waals surface area contributed by atoms with E-state index in [0.717, 1.165) is 18.9 Å². The Morgan fingerprint density at radius 3 is 2.67 bits per heavy atom. The second kappa shape index (κ2) is 6.87. The smallest absolute Gasteiger partial charge is 0.0214 e. The number of nitrogens with one attached hydrogen (secondary N) is 1. The standard InChI is InChI=1S/C13H24N2/c1-4-5-6-9-14-12(2)13-7-10-15(3)11-8-13/h12-14H,6-11H2,1-3H3. The van der Waals surface area contributed by atoms with Crippen molar-refractivity contribution in [1.29, 1.82) is 0 Å². The summed E-state index contributed by atoms with van der Waals surface area (Å²) in [6, 6.07) is 0.650. The van der Waals surface area contributed by atoms with E-state index >= 15 is 0 Å². The normalized spacial score (nSPS) is 20.7. The van der Waals surface area contributed by atoms with E-state index < -0.39 is 0 Å². The van der Waals surface area contributed by atoms with Gasteiger partial charge in [0.25, 0.3) is 0 Å². The summed E-state index contributed by atoms with van der Waals surface area (Å²) in [6.07, 6.45) is 3.65. The van der Waals surface area contributed by atoms with Crippen LogP contribution in [0, 0.1) is 17.8 Å². The SMILES string of the molecule is CC#CCCNC(C)C1CCN(C)CC1. The van der Waals surface area contributed by atoms with Crippen LogP contribution in [0.15, 0.2) is 0 Å². The molecular weight excluding hydrogens is 184 g/mol. The molecule has 0 amide bonds. The topological polar surface area (TPSA) is 15.3 Å². The predicted octanol–water partition coefficient (Wildman–Crippen LogP) is 1.72. The highest BCUT2D eigenvalue weighted by atomic mass is 15.1. The fourth-order valence-corrected chi connectivity index (χ4v) is 2.18. The number of nitrogens with zero attached hydrogens (tertiary/aromatic N) is 1. The zero-order valence-electron chi connectivity index (χ0n) is 10.3. The Morgan fingerprint density at radius 2 is 2.07 bits per heavy atom. The molecule has 0 radical (unpaired) electrons. The van der Waals surface area contributed by atoms with Crippen LogP contribution in [0.4, 0.5) is 0 Å². The van der Waals surface area contributed by atoms with Gasteiger partial charge in [-0.2, -0.15) is 0 Å². The monoisotopic (exact) mass is 208 g/mol. The molecule has 1 aliphatic heterocycles. The van der Waals surface area contributed by atoms with Crippen molar-refractivity contribution in [2.75, 3.05) is 26.7 Å². The molecule has 1 saturated heterocycles. The molecular formula is C13H24N2. The average molecular weight is 208 g/mol. The third-order valence-electron chi connectivity index (χ3n) is 3.36. The molecule has 0 spiro atoms. The predicted molar refractivity (Wildman–Crippen MR) is 65.8 cm³/mol. The molecule has 1 aliphatic rings.